The van der Waals surface area contributed by atoms with E-state index in [1.165, 1.54) is 12.0 Å². The van der Waals surface area contributed by atoms with E-state index in [0.717, 1.165) is 26.1 Å². The van der Waals surface area contributed by atoms with Gasteiger partial charge in [-0.15, -0.1) is 0 Å². The quantitative estimate of drug-likeness (QED) is 0.717. The summed E-state index contributed by atoms with van der Waals surface area (Å²) < 4.78 is 5.58. The van der Waals surface area contributed by atoms with Crippen molar-refractivity contribution in [2.75, 3.05) is 13.2 Å². The predicted molar refractivity (Wildman–Crippen MR) is 66.7 cm³/mol. The molecule has 1 aromatic rings. The standard InChI is InChI=1S/C14H22O2/c1-3-12(2)11-16-10-4-5-13-6-8-14(15)9-7-13/h6-9,12,15H,3-5,10-11H2,1-2H3. The van der Waals surface area contributed by atoms with Crippen LogP contribution in [0.15, 0.2) is 24.3 Å². The van der Waals surface area contributed by atoms with Crippen molar-refractivity contribution in [3.63, 3.8) is 0 Å². The number of hydrogen-bond donors (Lipinski definition) is 1. The minimum atomic E-state index is 0.330. The molecular formula is C14H22O2. The number of hydrogen-bond acceptors (Lipinski definition) is 2. The maximum absolute atomic E-state index is 9.13. The number of phenolic OH excluding ortho intramolecular Hbond substituents is 1. The van der Waals surface area contributed by atoms with Crippen LogP contribution >= 0.6 is 0 Å². The highest BCUT2D eigenvalue weighted by Crippen LogP contribution is 2.11. The van der Waals surface area contributed by atoms with Gasteiger partial charge in [-0.25, -0.2) is 0 Å². The third kappa shape index (κ3) is 5.17. The Morgan fingerprint density at radius 1 is 1.25 bits per heavy atom. The molecule has 1 aromatic carbocycles. The van der Waals surface area contributed by atoms with Gasteiger partial charge in [0.25, 0.3) is 0 Å². The maximum Gasteiger partial charge on any atom is 0.115 e. The van der Waals surface area contributed by atoms with Crippen LogP contribution in [0.4, 0.5) is 0 Å². The van der Waals surface area contributed by atoms with Crippen LogP contribution < -0.4 is 0 Å². The fourth-order valence-electron chi connectivity index (χ4n) is 1.44. The highest BCUT2D eigenvalue weighted by atomic mass is 16.5. The van der Waals surface area contributed by atoms with E-state index in [1.807, 2.05) is 12.1 Å². The number of aromatic hydroxyl groups is 1. The molecule has 0 spiro atoms. The molecule has 1 rings (SSSR count). The zero-order chi connectivity index (χ0) is 11.8. The van der Waals surface area contributed by atoms with Crippen LogP contribution in [-0.4, -0.2) is 18.3 Å². The van der Waals surface area contributed by atoms with E-state index in [4.69, 9.17) is 9.84 Å². The Labute approximate surface area is 98.3 Å². The average Bonchev–Trinajstić information content (AvgIpc) is 2.31. The number of rotatable bonds is 7. The molecule has 2 heteroatoms. The predicted octanol–water partition coefficient (Wildman–Crippen LogP) is 3.39. The Balaban J connectivity index is 2.09. The molecule has 0 saturated heterocycles. The summed E-state index contributed by atoms with van der Waals surface area (Å²) in [6.07, 6.45) is 3.24. The van der Waals surface area contributed by atoms with Crippen LogP contribution in [-0.2, 0) is 11.2 Å². The molecule has 0 heterocycles. The van der Waals surface area contributed by atoms with Gasteiger partial charge in [-0.2, -0.15) is 0 Å². The zero-order valence-electron chi connectivity index (χ0n) is 10.3. The molecule has 1 unspecified atom stereocenters. The molecule has 0 aromatic heterocycles. The lowest BCUT2D eigenvalue weighted by Crippen LogP contribution is -2.06. The fraction of sp³-hybridized carbons (Fsp3) is 0.571. The SMILES string of the molecule is CCC(C)COCCCc1ccc(O)cc1. The molecule has 0 aliphatic carbocycles. The van der Waals surface area contributed by atoms with E-state index < -0.39 is 0 Å². The molecule has 0 aliphatic heterocycles. The first-order valence-corrected chi connectivity index (χ1v) is 6.08. The zero-order valence-corrected chi connectivity index (χ0v) is 10.3. The highest BCUT2D eigenvalue weighted by Gasteiger charge is 1.98. The van der Waals surface area contributed by atoms with Crippen molar-refractivity contribution in [3.05, 3.63) is 29.8 Å². The molecular weight excluding hydrogens is 200 g/mol. The Morgan fingerprint density at radius 3 is 2.56 bits per heavy atom. The molecule has 2 nitrogen and oxygen atoms in total. The van der Waals surface area contributed by atoms with Crippen molar-refractivity contribution in [3.8, 4) is 5.75 Å². The van der Waals surface area contributed by atoms with E-state index in [9.17, 15) is 0 Å². The molecule has 0 aliphatic rings. The van der Waals surface area contributed by atoms with Gasteiger partial charge in [0, 0.05) is 13.2 Å². The summed E-state index contributed by atoms with van der Waals surface area (Å²) in [7, 11) is 0. The first kappa shape index (κ1) is 13.0. The number of ether oxygens (including phenoxy) is 1. The molecule has 0 fully saturated rings. The Kier molecular flexibility index (Phi) is 5.94. The van der Waals surface area contributed by atoms with Crippen LogP contribution in [0, 0.1) is 5.92 Å². The van der Waals surface area contributed by atoms with Gasteiger partial charge < -0.3 is 9.84 Å². The minimum absolute atomic E-state index is 0.330. The van der Waals surface area contributed by atoms with Crippen LogP contribution in [0.5, 0.6) is 5.75 Å². The lowest BCUT2D eigenvalue weighted by Gasteiger charge is -2.09. The lowest BCUT2D eigenvalue weighted by atomic mass is 10.1. The number of phenols is 1. The van der Waals surface area contributed by atoms with E-state index in [1.54, 1.807) is 12.1 Å². The summed E-state index contributed by atoms with van der Waals surface area (Å²) in [4.78, 5) is 0. The van der Waals surface area contributed by atoms with Gasteiger partial charge in [-0.1, -0.05) is 32.4 Å². The second-order valence-corrected chi connectivity index (χ2v) is 4.36. The van der Waals surface area contributed by atoms with Crippen molar-refractivity contribution in [1.82, 2.24) is 0 Å². The summed E-state index contributed by atoms with van der Waals surface area (Å²) in [5, 5.41) is 9.13. The third-order valence-corrected chi connectivity index (χ3v) is 2.79. The normalized spacial score (nSPS) is 12.6. The van der Waals surface area contributed by atoms with Crippen molar-refractivity contribution in [2.45, 2.75) is 33.1 Å². The lowest BCUT2D eigenvalue weighted by molar-refractivity contribution is 0.102. The van der Waals surface area contributed by atoms with Gasteiger partial charge in [-0.05, 0) is 36.5 Å². The molecule has 1 atom stereocenters. The van der Waals surface area contributed by atoms with Crippen molar-refractivity contribution >= 4 is 0 Å². The molecule has 16 heavy (non-hydrogen) atoms. The molecule has 0 bridgehead atoms. The molecule has 90 valence electrons. The second-order valence-electron chi connectivity index (χ2n) is 4.36. The van der Waals surface area contributed by atoms with Crippen molar-refractivity contribution in [1.29, 1.82) is 0 Å². The van der Waals surface area contributed by atoms with Crippen LogP contribution in [0.3, 0.4) is 0 Å². The summed E-state index contributed by atoms with van der Waals surface area (Å²) in [5.74, 6) is 0.991. The molecule has 0 saturated carbocycles. The van der Waals surface area contributed by atoms with Gasteiger partial charge in [-0.3, -0.25) is 0 Å². The van der Waals surface area contributed by atoms with Gasteiger partial charge in [0.2, 0.25) is 0 Å². The monoisotopic (exact) mass is 222 g/mol. The summed E-state index contributed by atoms with van der Waals surface area (Å²) in [5.41, 5.74) is 1.25. The molecule has 0 radical (unpaired) electrons. The highest BCUT2D eigenvalue weighted by molar-refractivity contribution is 5.25. The Hall–Kier alpha value is -1.02. The fourth-order valence-corrected chi connectivity index (χ4v) is 1.44. The average molecular weight is 222 g/mol. The first-order chi connectivity index (χ1) is 7.72. The number of benzene rings is 1. The number of aryl methyl sites for hydroxylation is 1. The first-order valence-electron chi connectivity index (χ1n) is 6.08. The summed E-state index contributed by atoms with van der Waals surface area (Å²) in [6.45, 7) is 6.09. The van der Waals surface area contributed by atoms with Gasteiger partial charge in [0.1, 0.15) is 5.75 Å². The van der Waals surface area contributed by atoms with E-state index in [-0.39, 0.29) is 0 Å². The van der Waals surface area contributed by atoms with Crippen molar-refractivity contribution < 1.29 is 9.84 Å². The Bertz CT molecular complexity index is 279. The van der Waals surface area contributed by atoms with E-state index >= 15 is 0 Å². The topological polar surface area (TPSA) is 29.5 Å². The van der Waals surface area contributed by atoms with Crippen LogP contribution in [0.1, 0.15) is 32.3 Å². The van der Waals surface area contributed by atoms with Gasteiger partial charge in [0.05, 0.1) is 0 Å². The molecule has 1 N–H and O–H groups in total. The third-order valence-electron chi connectivity index (χ3n) is 2.79. The van der Waals surface area contributed by atoms with E-state index in [0.29, 0.717) is 11.7 Å². The second kappa shape index (κ2) is 7.29. The Morgan fingerprint density at radius 2 is 1.94 bits per heavy atom. The van der Waals surface area contributed by atoms with E-state index in [2.05, 4.69) is 13.8 Å². The largest absolute Gasteiger partial charge is 0.508 e. The van der Waals surface area contributed by atoms with Gasteiger partial charge in [0.15, 0.2) is 0 Å². The molecule has 0 amide bonds. The van der Waals surface area contributed by atoms with Crippen LogP contribution in [0.2, 0.25) is 0 Å². The minimum Gasteiger partial charge on any atom is -0.508 e. The van der Waals surface area contributed by atoms with Crippen LogP contribution in [0.25, 0.3) is 0 Å². The summed E-state index contributed by atoms with van der Waals surface area (Å²) in [6, 6.07) is 7.39. The van der Waals surface area contributed by atoms with Gasteiger partial charge >= 0.3 is 0 Å². The van der Waals surface area contributed by atoms with Crippen molar-refractivity contribution in [2.24, 2.45) is 5.92 Å². The maximum atomic E-state index is 9.13. The smallest absolute Gasteiger partial charge is 0.115 e. The summed E-state index contributed by atoms with van der Waals surface area (Å²) >= 11 is 0.